The van der Waals surface area contributed by atoms with Gasteiger partial charge in [0.15, 0.2) is 5.84 Å². The smallest absolute Gasteiger partial charge is 0.307 e. The molecule has 1 heterocycles. The molecule has 1 amide bonds. The van der Waals surface area contributed by atoms with Crippen molar-refractivity contribution in [3.05, 3.63) is 64.5 Å². The van der Waals surface area contributed by atoms with Crippen molar-refractivity contribution < 1.29 is 19.6 Å². The lowest BCUT2D eigenvalue weighted by molar-refractivity contribution is -0.384. The Labute approximate surface area is 172 Å². The van der Waals surface area contributed by atoms with Gasteiger partial charge in [0.1, 0.15) is 5.69 Å². The van der Waals surface area contributed by atoms with Crippen LogP contribution in [-0.4, -0.2) is 32.7 Å². The molecule has 0 spiro atoms. The maximum atomic E-state index is 12.6. The van der Waals surface area contributed by atoms with Crippen molar-refractivity contribution in [1.82, 2.24) is 15.8 Å². The zero-order valence-corrected chi connectivity index (χ0v) is 16.0. The number of nitro groups is 1. The topological polar surface area (TPSA) is 147 Å². The summed E-state index contributed by atoms with van der Waals surface area (Å²) in [7, 11) is 0. The highest BCUT2D eigenvalue weighted by molar-refractivity contribution is 5.99. The van der Waals surface area contributed by atoms with Crippen molar-refractivity contribution in [2.24, 2.45) is 16.8 Å². The predicted molar refractivity (Wildman–Crippen MR) is 108 cm³/mol. The van der Waals surface area contributed by atoms with Crippen LogP contribution in [0.15, 0.2) is 53.7 Å². The van der Waals surface area contributed by atoms with Crippen molar-refractivity contribution >= 4 is 29.1 Å². The molecule has 0 radical (unpaired) electrons. The van der Waals surface area contributed by atoms with Crippen LogP contribution in [-0.2, 0) is 9.59 Å². The largest absolute Gasteiger partial charge is 0.481 e. The minimum absolute atomic E-state index is 0.0633. The summed E-state index contributed by atoms with van der Waals surface area (Å²) < 4.78 is 0. The molecule has 2 aromatic rings. The van der Waals surface area contributed by atoms with Crippen LogP contribution in [0, 0.1) is 22.0 Å². The van der Waals surface area contributed by atoms with E-state index in [9.17, 15) is 24.8 Å². The SMILES string of the molecule is O=C(O)C1CCCCC1C(=O)NNC(=Nc1ccc([N+](=O)[O-])cc1)c1ccccn1. The number of amides is 1. The number of pyridine rings is 1. The number of carboxylic acid groups (broad SMARTS) is 1. The molecular formula is C20H21N5O5. The molecule has 1 aliphatic carbocycles. The number of aliphatic carboxylic acids is 1. The number of carbonyl (C=O) groups is 2. The molecule has 3 N–H and O–H groups in total. The molecule has 10 nitrogen and oxygen atoms in total. The van der Waals surface area contributed by atoms with Gasteiger partial charge < -0.3 is 5.11 Å². The fourth-order valence-electron chi connectivity index (χ4n) is 3.38. The summed E-state index contributed by atoms with van der Waals surface area (Å²) in [5.74, 6) is -2.52. The quantitative estimate of drug-likeness (QED) is 0.296. The first kappa shape index (κ1) is 20.9. The number of nitrogens with zero attached hydrogens (tertiary/aromatic N) is 3. The molecular weight excluding hydrogens is 390 g/mol. The number of hydrogen-bond donors (Lipinski definition) is 3. The van der Waals surface area contributed by atoms with Gasteiger partial charge in [-0.2, -0.15) is 0 Å². The van der Waals surface area contributed by atoms with E-state index in [0.717, 1.165) is 12.8 Å². The number of carbonyl (C=O) groups excluding carboxylic acids is 1. The first-order chi connectivity index (χ1) is 14.5. The van der Waals surface area contributed by atoms with E-state index in [4.69, 9.17) is 0 Å². The van der Waals surface area contributed by atoms with Gasteiger partial charge in [-0.05, 0) is 37.1 Å². The number of nitrogens with one attached hydrogen (secondary N) is 2. The average Bonchev–Trinajstić information content (AvgIpc) is 2.77. The van der Waals surface area contributed by atoms with Crippen molar-refractivity contribution in [1.29, 1.82) is 0 Å². The lowest BCUT2D eigenvalue weighted by Crippen LogP contribution is -2.48. The van der Waals surface area contributed by atoms with Gasteiger partial charge in [0, 0.05) is 18.3 Å². The van der Waals surface area contributed by atoms with Gasteiger partial charge in [-0.1, -0.05) is 18.9 Å². The van der Waals surface area contributed by atoms with Gasteiger partial charge in [-0.15, -0.1) is 0 Å². The molecule has 1 saturated carbocycles. The molecule has 1 aromatic heterocycles. The second-order valence-corrected chi connectivity index (χ2v) is 6.90. The maximum Gasteiger partial charge on any atom is 0.307 e. The second-order valence-electron chi connectivity index (χ2n) is 6.90. The highest BCUT2D eigenvalue weighted by Crippen LogP contribution is 2.30. The second kappa shape index (κ2) is 9.59. The molecule has 2 atom stereocenters. The summed E-state index contributed by atoms with van der Waals surface area (Å²) in [6.45, 7) is 0. The number of hydrazine groups is 1. The van der Waals surface area contributed by atoms with E-state index in [1.54, 1.807) is 24.4 Å². The molecule has 1 aromatic carbocycles. The Morgan fingerprint density at radius 3 is 2.37 bits per heavy atom. The van der Waals surface area contributed by atoms with Crippen molar-refractivity contribution in [2.45, 2.75) is 25.7 Å². The number of aliphatic imine (C=N–C) groups is 1. The highest BCUT2D eigenvalue weighted by atomic mass is 16.6. The van der Waals surface area contributed by atoms with Gasteiger partial charge in [-0.3, -0.25) is 35.5 Å². The van der Waals surface area contributed by atoms with E-state index in [1.165, 1.54) is 24.3 Å². The Balaban J connectivity index is 1.79. The summed E-state index contributed by atoms with van der Waals surface area (Å²) in [5, 5.41) is 20.2. The van der Waals surface area contributed by atoms with Gasteiger partial charge in [0.05, 0.1) is 22.4 Å². The summed E-state index contributed by atoms with van der Waals surface area (Å²) in [6.07, 6.45) is 4.12. The van der Waals surface area contributed by atoms with E-state index in [2.05, 4.69) is 20.8 Å². The summed E-state index contributed by atoms with van der Waals surface area (Å²) in [4.78, 5) is 43.0. The van der Waals surface area contributed by atoms with Crippen molar-refractivity contribution in [3.8, 4) is 0 Å². The van der Waals surface area contributed by atoms with Crippen LogP contribution in [0.3, 0.4) is 0 Å². The number of benzene rings is 1. The Bertz CT molecular complexity index is 946. The number of hydrogen-bond acceptors (Lipinski definition) is 6. The van der Waals surface area contributed by atoms with Crippen LogP contribution in [0.25, 0.3) is 0 Å². The zero-order valence-electron chi connectivity index (χ0n) is 16.0. The van der Waals surface area contributed by atoms with Crippen LogP contribution in [0.5, 0.6) is 0 Å². The van der Waals surface area contributed by atoms with E-state index in [0.29, 0.717) is 24.2 Å². The van der Waals surface area contributed by atoms with Crippen LogP contribution in [0.2, 0.25) is 0 Å². The predicted octanol–water partition coefficient (Wildman–Crippen LogP) is 2.58. The van der Waals surface area contributed by atoms with Gasteiger partial charge in [-0.25, -0.2) is 4.99 Å². The summed E-state index contributed by atoms with van der Waals surface area (Å²) in [5.41, 5.74) is 6.09. The monoisotopic (exact) mass is 411 g/mol. The molecule has 0 bridgehead atoms. The first-order valence-electron chi connectivity index (χ1n) is 9.49. The third kappa shape index (κ3) is 5.16. The minimum atomic E-state index is -0.973. The standard InChI is InChI=1S/C20H21N5O5/c26-19(15-5-1-2-6-16(15)20(27)28)24-23-18(17-7-3-4-12-21-17)22-13-8-10-14(11-9-13)25(29)30/h3-4,7-12,15-16H,1-2,5-6H2,(H,22,23)(H,24,26)(H,27,28). The van der Waals surface area contributed by atoms with E-state index in [-0.39, 0.29) is 11.5 Å². The fourth-order valence-corrected chi connectivity index (χ4v) is 3.38. The lowest BCUT2D eigenvalue weighted by Gasteiger charge is -2.27. The van der Waals surface area contributed by atoms with E-state index >= 15 is 0 Å². The van der Waals surface area contributed by atoms with Crippen molar-refractivity contribution in [3.63, 3.8) is 0 Å². The Morgan fingerprint density at radius 1 is 1.07 bits per heavy atom. The minimum Gasteiger partial charge on any atom is -0.481 e. The zero-order chi connectivity index (χ0) is 21.5. The van der Waals surface area contributed by atoms with Crippen LogP contribution in [0.1, 0.15) is 31.4 Å². The molecule has 1 aliphatic rings. The number of rotatable bonds is 5. The van der Waals surface area contributed by atoms with E-state index in [1.807, 2.05) is 0 Å². The van der Waals surface area contributed by atoms with Crippen molar-refractivity contribution in [2.75, 3.05) is 0 Å². The number of carboxylic acids is 1. The van der Waals surface area contributed by atoms with Gasteiger partial charge >= 0.3 is 5.97 Å². The molecule has 0 aliphatic heterocycles. The third-order valence-electron chi connectivity index (χ3n) is 4.93. The average molecular weight is 411 g/mol. The normalized spacial score (nSPS) is 19.0. The molecule has 3 rings (SSSR count). The molecule has 30 heavy (non-hydrogen) atoms. The Kier molecular flexibility index (Phi) is 6.68. The molecule has 2 unspecified atom stereocenters. The molecule has 1 fully saturated rings. The first-order valence-corrected chi connectivity index (χ1v) is 9.49. The Hall–Kier alpha value is -3.82. The fraction of sp³-hybridized carbons (Fsp3) is 0.300. The van der Waals surface area contributed by atoms with Gasteiger partial charge in [0.25, 0.3) is 5.69 Å². The third-order valence-corrected chi connectivity index (χ3v) is 4.93. The number of aromatic nitrogens is 1. The highest BCUT2D eigenvalue weighted by Gasteiger charge is 2.35. The number of nitro benzene ring substituents is 1. The van der Waals surface area contributed by atoms with E-state index < -0.39 is 28.6 Å². The van der Waals surface area contributed by atoms with Gasteiger partial charge in [0.2, 0.25) is 5.91 Å². The molecule has 0 saturated heterocycles. The lowest BCUT2D eigenvalue weighted by atomic mass is 9.79. The molecule has 10 heteroatoms. The number of amidine groups is 1. The van der Waals surface area contributed by atoms with Crippen LogP contribution >= 0.6 is 0 Å². The summed E-state index contributed by atoms with van der Waals surface area (Å²) >= 11 is 0. The molecule has 156 valence electrons. The maximum absolute atomic E-state index is 12.6. The Morgan fingerprint density at radius 2 is 1.77 bits per heavy atom. The van der Waals surface area contributed by atoms with Crippen LogP contribution < -0.4 is 10.9 Å². The number of non-ortho nitro benzene ring substituents is 1. The van der Waals surface area contributed by atoms with Crippen LogP contribution in [0.4, 0.5) is 11.4 Å². The summed E-state index contributed by atoms with van der Waals surface area (Å²) in [6, 6.07) is 10.8.